The summed E-state index contributed by atoms with van der Waals surface area (Å²) in [6.45, 7) is 3.00. The van der Waals surface area contributed by atoms with Crippen molar-refractivity contribution < 1.29 is 27.1 Å². The Kier molecular flexibility index (Phi) is 5.30. The van der Waals surface area contributed by atoms with Gasteiger partial charge in [0.05, 0.1) is 0 Å². The predicted molar refractivity (Wildman–Crippen MR) is 89.8 cm³/mol. The lowest BCUT2D eigenvalue weighted by atomic mass is 10.1. The van der Waals surface area contributed by atoms with E-state index in [9.17, 15) is 22.4 Å². The minimum absolute atomic E-state index is 0.0376. The molecule has 1 aromatic carbocycles. The molecule has 0 unspecified atom stereocenters. The number of alkyl halides is 3. The Balaban J connectivity index is 1.71. The Morgan fingerprint density at radius 3 is 2.57 bits per heavy atom. The third kappa shape index (κ3) is 4.10. The van der Waals surface area contributed by atoms with Crippen molar-refractivity contribution in [1.82, 2.24) is 19.6 Å². The predicted octanol–water partition coefficient (Wildman–Crippen LogP) is 3.58. The van der Waals surface area contributed by atoms with E-state index < -0.39 is 23.8 Å². The van der Waals surface area contributed by atoms with Gasteiger partial charge in [-0.3, -0.25) is 4.79 Å². The van der Waals surface area contributed by atoms with Crippen LogP contribution in [-0.2, 0) is 28.7 Å². The van der Waals surface area contributed by atoms with Gasteiger partial charge in [-0.2, -0.15) is 18.2 Å². The fraction of sp³-hybridized carbons (Fsp3) is 0.333. The van der Waals surface area contributed by atoms with Crippen molar-refractivity contribution in [3.05, 3.63) is 58.4 Å². The Morgan fingerprint density at radius 2 is 1.89 bits per heavy atom. The Labute approximate surface area is 157 Å². The summed E-state index contributed by atoms with van der Waals surface area (Å²) in [5, 5.41) is 3.46. The molecule has 0 amide bonds. The van der Waals surface area contributed by atoms with Gasteiger partial charge in [0.2, 0.25) is 0 Å². The zero-order valence-corrected chi connectivity index (χ0v) is 15.0. The standard InChI is InChI=1S/C18H16F4N4O2/c1-10-13(7-8-15(27)28-9-12-5-3-4-6-14(12)19)11(2)26-17(23-10)24-16(25-26)18(20,21)22/h3-6H,7-9H2,1-2H3. The first-order valence-electron chi connectivity index (χ1n) is 8.36. The van der Waals surface area contributed by atoms with Gasteiger partial charge in [0.15, 0.2) is 0 Å². The lowest BCUT2D eigenvalue weighted by Crippen LogP contribution is -2.11. The highest BCUT2D eigenvalue weighted by Crippen LogP contribution is 2.27. The number of fused-ring (bicyclic) bond motifs is 1. The maximum Gasteiger partial charge on any atom is 0.453 e. The van der Waals surface area contributed by atoms with Crippen molar-refractivity contribution >= 4 is 11.7 Å². The number of nitrogens with zero attached hydrogens (tertiary/aromatic N) is 4. The van der Waals surface area contributed by atoms with Gasteiger partial charge >= 0.3 is 12.1 Å². The minimum Gasteiger partial charge on any atom is -0.461 e. The highest BCUT2D eigenvalue weighted by atomic mass is 19.4. The molecule has 0 saturated carbocycles. The summed E-state index contributed by atoms with van der Waals surface area (Å²) in [6, 6.07) is 5.94. The van der Waals surface area contributed by atoms with Crippen molar-refractivity contribution in [2.75, 3.05) is 0 Å². The molecular weight excluding hydrogens is 380 g/mol. The van der Waals surface area contributed by atoms with Gasteiger partial charge in [-0.25, -0.2) is 13.9 Å². The normalized spacial score (nSPS) is 11.8. The Hall–Kier alpha value is -3.04. The number of aromatic nitrogens is 4. The molecule has 0 N–H and O–H groups in total. The van der Waals surface area contributed by atoms with E-state index in [0.29, 0.717) is 17.0 Å². The number of ether oxygens (including phenoxy) is 1. The summed E-state index contributed by atoms with van der Waals surface area (Å²) in [5.74, 6) is -2.46. The number of esters is 1. The maximum absolute atomic E-state index is 13.5. The molecule has 0 bridgehead atoms. The first-order valence-corrected chi connectivity index (χ1v) is 8.36. The van der Waals surface area contributed by atoms with Crippen molar-refractivity contribution in [1.29, 1.82) is 0 Å². The van der Waals surface area contributed by atoms with E-state index in [1.165, 1.54) is 18.2 Å². The van der Waals surface area contributed by atoms with Gasteiger partial charge in [-0.1, -0.05) is 18.2 Å². The summed E-state index contributed by atoms with van der Waals surface area (Å²) in [6.07, 6.45) is -4.52. The number of halogens is 4. The Bertz CT molecular complexity index is 1030. The highest BCUT2D eigenvalue weighted by molar-refractivity contribution is 5.69. The molecule has 28 heavy (non-hydrogen) atoms. The molecule has 3 aromatic rings. The zero-order chi connectivity index (χ0) is 20.5. The van der Waals surface area contributed by atoms with Crippen LogP contribution in [0.2, 0.25) is 0 Å². The van der Waals surface area contributed by atoms with Crippen molar-refractivity contribution in [3.63, 3.8) is 0 Å². The fourth-order valence-corrected chi connectivity index (χ4v) is 2.76. The van der Waals surface area contributed by atoms with Crippen LogP contribution in [0, 0.1) is 19.7 Å². The summed E-state index contributed by atoms with van der Waals surface area (Å²) in [7, 11) is 0. The van der Waals surface area contributed by atoms with E-state index in [2.05, 4.69) is 15.1 Å². The molecule has 0 atom stereocenters. The quantitative estimate of drug-likeness (QED) is 0.487. The fourth-order valence-electron chi connectivity index (χ4n) is 2.76. The topological polar surface area (TPSA) is 69.4 Å². The van der Waals surface area contributed by atoms with Gasteiger partial charge < -0.3 is 4.74 Å². The first kappa shape index (κ1) is 19.7. The lowest BCUT2D eigenvalue weighted by Gasteiger charge is -2.10. The number of rotatable bonds is 5. The summed E-state index contributed by atoms with van der Waals surface area (Å²) >= 11 is 0. The van der Waals surface area contributed by atoms with E-state index in [4.69, 9.17) is 4.74 Å². The molecule has 10 heteroatoms. The second-order valence-electron chi connectivity index (χ2n) is 6.16. The van der Waals surface area contributed by atoms with E-state index >= 15 is 0 Å². The molecule has 0 spiro atoms. The van der Waals surface area contributed by atoms with Crippen LogP contribution >= 0.6 is 0 Å². The van der Waals surface area contributed by atoms with Crippen LogP contribution in [0.3, 0.4) is 0 Å². The Morgan fingerprint density at radius 1 is 1.18 bits per heavy atom. The van der Waals surface area contributed by atoms with Crippen LogP contribution in [-0.4, -0.2) is 25.6 Å². The van der Waals surface area contributed by atoms with Crippen LogP contribution in [0.1, 0.15) is 34.8 Å². The van der Waals surface area contributed by atoms with Crippen LogP contribution in [0.5, 0.6) is 0 Å². The van der Waals surface area contributed by atoms with E-state index in [-0.39, 0.29) is 30.8 Å². The number of carbonyl (C=O) groups is 1. The molecule has 0 aliphatic rings. The molecule has 0 aliphatic heterocycles. The van der Waals surface area contributed by atoms with Gasteiger partial charge in [0.1, 0.15) is 12.4 Å². The third-order valence-corrected chi connectivity index (χ3v) is 4.23. The molecule has 0 aliphatic carbocycles. The molecule has 148 valence electrons. The van der Waals surface area contributed by atoms with Crippen LogP contribution in [0.4, 0.5) is 17.6 Å². The first-order chi connectivity index (χ1) is 13.2. The van der Waals surface area contributed by atoms with E-state index in [1.807, 2.05) is 0 Å². The molecular formula is C18H16F4N4O2. The second kappa shape index (κ2) is 7.53. The number of hydrogen-bond acceptors (Lipinski definition) is 5. The largest absolute Gasteiger partial charge is 0.461 e. The monoisotopic (exact) mass is 396 g/mol. The minimum atomic E-state index is -4.68. The van der Waals surface area contributed by atoms with Gasteiger partial charge in [-0.05, 0) is 31.9 Å². The second-order valence-corrected chi connectivity index (χ2v) is 6.16. The smallest absolute Gasteiger partial charge is 0.453 e. The van der Waals surface area contributed by atoms with E-state index in [0.717, 1.165) is 4.52 Å². The molecule has 0 radical (unpaired) electrons. The zero-order valence-electron chi connectivity index (χ0n) is 15.0. The van der Waals surface area contributed by atoms with Crippen LogP contribution in [0.25, 0.3) is 5.78 Å². The molecule has 0 fully saturated rings. The van der Waals surface area contributed by atoms with E-state index in [1.54, 1.807) is 19.9 Å². The molecule has 2 aromatic heterocycles. The number of carbonyl (C=O) groups excluding carboxylic acids is 1. The summed E-state index contributed by atoms with van der Waals surface area (Å²) in [4.78, 5) is 19.4. The van der Waals surface area contributed by atoms with Crippen molar-refractivity contribution in [3.8, 4) is 0 Å². The van der Waals surface area contributed by atoms with Crippen molar-refractivity contribution in [2.45, 2.75) is 39.5 Å². The van der Waals surface area contributed by atoms with Gasteiger partial charge in [0, 0.05) is 23.4 Å². The number of aryl methyl sites for hydroxylation is 2. The average Bonchev–Trinajstić information content (AvgIpc) is 3.05. The summed E-state index contributed by atoms with van der Waals surface area (Å²) < 4.78 is 58.0. The number of hydrogen-bond donors (Lipinski definition) is 0. The lowest BCUT2D eigenvalue weighted by molar-refractivity contribution is -0.145. The van der Waals surface area contributed by atoms with Crippen LogP contribution in [0.15, 0.2) is 24.3 Å². The third-order valence-electron chi connectivity index (χ3n) is 4.23. The molecule has 3 rings (SSSR count). The average molecular weight is 396 g/mol. The highest BCUT2D eigenvalue weighted by Gasteiger charge is 2.36. The molecule has 0 saturated heterocycles. The van der Waals surface area contributed by atoms with Gasteiger partial charge in [0.25, 0.3) is 11.6 Å². The van der Waals surface area contributed by atoms with Crippen LogP contribution < -0.4 is 0 Å². The summed E-state index contributed by atoms with van der Waals surface area (Å²) in [5.41, 5.74) is 1.70. The van der Waals surface area contributed by atoms with Crippen molar-refractivity contribution in [2.24, 2.45) is 0 Å². The van der Waals surface area contributed by atoms with Gasteiger partial charge in [-0.15, -0.1) is 5.10 Å². The maximum atomic E-state index is 13.5. The molecule has 6 nitrogen and oxygen atoms in total. The SMILES string of the molecule is Cc1nc2nc(C(F)(F)F)nn2c(C)c1CCC(=O)OCc1ccccc1F. The number of benzene rings is 1. The molecule has 2 heterocycles.